The summed E-state index contributed by atoms with van der Waals surface area (Å²) in [5.74, 6) is -0.739. The molecule has 0 saturated carbocycles. The molecule has 1 heterocycles. The third-order valence-corrected chi connectivity index (χ3v) is 7.01. The zero-order valence-corrected chi connectivity index (χ0v) is 17.5. The fourth-order valence-electron chi connectivity index (χ4n) is 3.36. The van der Waals surface area contributed by atoms with Crippen molar-refractivity contribution in [3.8, 4) is 0 Å². The average molecular weight is 416 g/mol. The van der Waals surface area contributed by atoms with Crippen molar-refractivity contribution in [3.05, 3.63) is 60.2 Å². The highest BCUT2D eigenvalue weighted by Crippen LogP contribution is 2.29. The second-order valence-electron chi connectivity index (χ2n) is 7.33. The number of hydrogen-bond acceptors (Lipinski definition) is 4. The van der Waals surface area contributed by atoms with E-state index in [1.165, 1.54) is 26.2 Å². The van der Waals surface area contributed by atoms with E-state index in [2.05, 4.69) is 5.32 Å². The SMILES string of the molecule is C[C@H](c1ccccc1)N1C[C@H](C(=O)Nc2ccc(S(=O)(=O)N(C)C)cc2)CC1=O. The molecule has 1 saturated heterocycles. The molecule has 1 N–H and O–H groups in total. The molecule has 8 heteroatoms. The highest BCUT2D eigenvalue weighted by molar-refractivity contribution is 7.89. The second kappa shape index (κ2) is 8.34. The van der Waals surface area contributed by atoms with Gasteiger partial charge >= 0.3 is 0 Å². The van der Waals surface area contributed by atoms with E-state index in [9.17, 15) is 18.0 Å². The van der Waals surface area contributed by atoms with Crippen molar-refractivity contribution < 1.29 is 18.0 Å². The number of hydrogen-bond donors (Lipinski definition) is 1. The molecule has 7 nitrogen and oxygen atoms in total. The number of benzene rings is 2. The van der Waals surface area contributed by atoms with Crippen LogP contribution in [0.3, 0.4) is 0 Å². The lowest BCUT2D eigenvalue weighted by atomic mass is 10.1. The van der Waals surface area contributed by atoms with Gasteiger partial charge in [0, 0.05) is 32.7 Å². The number of anilines is 1. The van der Waals surface area contributed by atoms with E-state index >= 15 is 0 Å². The summed E-state index contributed by atoms with van der Waals surface area (Å²) < 4.78 is 25.4. The van der Waals surface area contributed by atoms with Gasteiger partial charge in [-0.25, -0.2) is 12.7 Å². The van der Waals surface area contributed by atoms with Crippen molar-refractivity contribution in [1.82, 2.24) is 9.21 Å². The Kier molecular flexibility index (Phi) is 6.04. The van der Waals surface area contributed by atoms with Gasteiger partial charge in [0.25, 0.3) is 0 Å². The first-order valence-electron chi connectivity index (χ1n) is 9.38. The summed E-state index contributed by atoms with van der Waals surface area (Å²) in [5.41, 5.74) is 1.52. The number of sulfonamides is 1. The largest absolute Gasteiger partial charge is 0.335 e. The minimum Gasteiger partial charge on any atom is -0.335 e. The Morgan fingerprint density at radius 3 is 2.31 bits per heavy atom. The molecule has 0 unspecified atom stereocenters. The van der Waals surface area contributed by atoms with E-state index in [-0.39, 0.29) is 29.2 Å². The first kappa shape index (κ1) is 21.0. The van der Waals surface area contributed by atoms with E-state index in [0.717, 1.165) is 9.87 Å². The number of amides is 2. The topological polar surface area (TPSA) is 86.8 Å². The Bertz CT molecular complexity index is 988. The molecule has 0 aromatic heterocycles. The van der Waals surface area contributed by atoms with E-state index in [0.29, 0.717) is 12.2 Å². The third-order valence-electron chi connectivity index (χ3n) is 5.18. The molecule has 29 heavy (non-hydrogen) atoms. The van der Waals surface area contributed by atoms with E-state index in [1.54, 1.807) is 17.0 Å². The van der Waals surface area contributed by atoms with E-state index in [1.807, 2.05) is 37.3 Å². The fourth-order valence-corrected chi connectivity index (χ4v) is 4.26. The summed E-state index contributed by atoms with van der Waals surface area (Å²) in [7, 11) is -0.594. The molecule has 0 bridgehead atoms. The first-order valence-corrected chi connectivity index (χ1v) is 10.8. The maximum Gasteiger partial charge on any atom is 0.242 e. The van der Waals surface area contributed by atoms with Crippen LogP contribution in [0.5, 0.6) is 0 Å². The Morgan fingerprint density at radius 2 is 1.72 bits per heavy atom. The zero-order valence-electron chi connectivity index (χ0n) is 16.7. The number of nitrogens with zero attached hydrogens (tertiary/aromatic N) is 2. The van der Waals surface area contributed by atoms with Crippen molar-refractivity contribution in [2.45, 2.75) is 24.3 Å². The van der Waals surface area contributed by atoms with Crippen LogP contribution in [-0.2, 0) is 19.6 Å². The molecule has 1 fully saturated rings. The first-order chi connectivity index (χ1) is 13.7. The van der Waals surface area contributed by atoms with Crippen molar-refractivity contribution >= 4 is 27.5 Å². The lowest BCUT2D eigenvalue weighted by Gasteiger charge is -2.25. The van der Waals surface area contributed by atoms with Gasteiger partial charge in [-0.2, -0.15) is 0 Å². The molecular formula is C21H25N3O4S. The smallest absolute Gasteiger partial charge is 0.242 e. The van der Waals surface area contributed by atoms with Gasteiger partial charge in [0.2, 0.25) is 21.8 Å². The van der Waals surface area contributed by atoms with Gasteiger partial charge in [0.15, 0.2) is 0 Å². The summed E-state index contributed by atoms with van der Waals surface area (Å²) in [6, 6.07) is 15.6. The predicted octanol–water partition coefficient (Wildman–Crippen LogP) is 2.49. The molecule has 2 atom stereocenters. The van der Waals surface area contributed by atoms with E-state index < -0.39 is 15.9 Å². The van der Waals surface area contributed by atoms with Crippen LogP contribution in [0.1, 0.15) is 24.9 Å². The highest BCUT2D eigenvalue weighted by atomic mass is 32.2. The predicted molar refractivity (Wildman–Crippen MR) is 111 cm³/mol. The minimum atomic E-state index is -3.52. The van der Waals surface area contributed by atoms with Gasteiger partial charge in [0.05, 0.1) is 16.9 Å². The third kappa shape index (κ3) is 4.49. The summed E-state index contributed by atoms with van der Waals surface area (Å²) in [5, 5.41) is 2.79. The van der Waals surface area contributed by atoms with Crippen LogP contribution in [0.25, 0.3) is 0 Å². The monoisotopic (exact) mass is 415 g/mol. The van der Waals surface area contributed by atoms with Gasteiger partial charge in [0.1, 0.15) is 0 Å². The second-order valence-corrected chi connectivity index (χ2v) is 9.49. The number of rotatable bonds is 6. The summed E-state index contributed by atoms with van der Waals surface area (Å²) in [6.07, 6.45) is 0.163. The molecule has 3 rings (SSSR count). The molecule has 2 aromatic carbocycles. The Hall–Kier alpha value is -2.71. The van der Waals surface area contributed by atoms with Gasteiger partial charge < -0.3 is 10.2 Å². The molecule has 0 spiro atoms. The lowest BCUT2D eigenvalue weighted by molar-refractivity contribution is -0.129. The van der Waals surface area contributed by atoms with Crippen LogP contribution in [0.4, 0.5) is 5.69 Å². The molecule has 1 aliphatic rings. The van der Waals surface area contributed by atoms with Crippen molar-refractivity contribution in [2.75, 3.05) is 26.0 Å². The average Bonchev–Trinajstić information content (AvgIpc) is 3.10. The molecule has 154 valence electrons. The summed E-state index contributed by atoms with van der Waals surface area (Å²) >= 11 is 0. The van der Waals surface area contributed by atoms with Gasteiger partial charge in [-0.15, -0.1) is 0 Å². The Morgan fingerprint density at radius 1 is 1.10 bits per heavy atom. The highest BCUT2D eigenvalue weighted by Gasteiger charge is 2.37. The summed E-state index contributed by atoms with van der Waals surface area (Å²) in [6.45, 7) is 2.31. The van der Waals surface area contributed by atoms with Gasteiger partial charge in [-0.05, 0) is 36.8 Å². The maximum absolute atomic E-state index is 12.6. The van der Waals surface area contributed by atoms with Crippen molar-refractivity contribution in [2.24, 2.45) is 5.92 Å². The van der Waals surface area contributed by atoms with Crippen LogP contribution in [0.15, 0.2) is 59.5 Å². The molecule has 0 aliphatic carbocycles. The van der Waals surface area contributed by atoms with Crippen LogP contribution in [0.2, 0.25) is 0 Å². The molecule has 2 aromatic rings. The van der Waals surface area contributed by atoms with Gasteiger partial charge in [-0.3, -0.25) is 9.59 Å². The van der Waals surface area contributed by atoms with Crippen molar-refractivity contribution in [3.63, 3.8) is 0 Å². The molecular weight excluding hydrogens is 390 g/mol. The lowest BCUT2D eigenvalue weighted by Crippen LogP contribution is -2.30. The standard InChI is InChI=1S/C21H25N3O4S/c1-15(16-7-5-4-6-8-16)24-14-17(13-20(24)25)21(26)22-18-9-11-19(12-10-18)29(27,28)23(2)3/h4-12,15,17H,13-14H2,1-3H3,(H,22,26)/t15-,17-/m1/s1. The molecule has 0 radical (unpaired) electrons. The van der Waals surface area contributed by atoms with Crippen LogP contribution in [0, 0.1) is 5.92 Å². The van der Waals surface area contributed by atoms with Crippen LogP contribution in [-0.4, -0.2) is 50.1 Å². The zero-order chi connectivity index (χ0) is 21.2. The summed E-state index contributed by atoms with van der Waals surface area (Å²) in [4.78, 5) is 27.0. The number of likely N-dealkylation sites (tertiary alicyclic amines) is 1. The Balaban J connectivity index is 1.65. The van der Waals surface area contributed by atoms with Crippen LogP contribution >= 0.6 is 0 Å². The van der Waals surface area contributed by atoms with Gasteiger partial charge in [-0.1, -0.05) is 30.3 Å². The number of nitrogens with one attached hydrogen (secondary N) is 1. The molecule has 1 aliphatic heterocycles. The van der Waals surface area contributed by atoms with Crippen LogP contribution < -0.4 is 5.32 Å². The quantitative estimate of drug-likeness (QED) is 0.785. The van der Waals surface area contributed by atoms with E-state index in [4.69, 9.17) is 0 Å². The number of carbonyl (C=O) groups excluding carboxylic acids is 2. The normalized spacial score (nSPS) is 18.1. The maximum atomic E-state index is 12.6. The minimum absolute atomic E-state index is 0.0473. The molecule has 2 amide bonds. The number of carbonyl (C=O) groups is 2. The Labute approximate surface area is 171 Å². The fraction of sp³-hybridized carbons (Fsp3) is 0.333. The van der Waals surface area contributed by atoms with Crippen molar-refractivity contribution in [1.29, 1.82) is 0 Å².